The van der Waals surface area contributed by atoms with Gasteiger partial charge in [0.1, 0.15) is 12.4 Å². The third-order valence-corrected chi connectivity index (χ3v) is 5.23. The van der Waals surface area contributed by atoms with Crippen LogP contribution in [-0.4, -0.2) is 57.0 Å². The molecule has 3 aromatic rings. The molecule has 29 heavy (non-hydrogen) atoms. The van der Waals surface area contributed by atoms with Crippen LogP contribution in [0.3, 0.4) is 0 Å². The Labute approximate surface area is 168 Å². The van der Waals surface area contributed by atoms with E-state index >= 15 is 0 Å². The molecule has 1 aliphatic rings. The molecule has 2 aromatic heterocycles. The highest BCUT2D eigenvalue weighted by Gasteiger charge is 2.23. The molecular formula is C21H23FN6O. The minimum atomic E-state index is -0.235. The first kappa shape index (κ1) is 19.0. The van der Waals surface area contributed by atoms with E-state index in [1.165, 1.54) is 6.07 Å². The number of hydrogen-bond acceptors (Lipinski definition) is 5. The molecule has 0 saturated carbocycles. The van der Waals surface area contributed by atoms with Gasteiger partial charge in [-0.3, -0.25) is 9.48 Å². The summed E-state index contributed by atoms with van der Waals surface area (Å²) in [5.41, 5.74) is 3.06. The summed E-state index contributed by atoms with van der Waals surface area (Å²) < 4.78 is 15.2. The molecule has 3 heterocycles. The van der Waals surface area contributed by atoms with Gasteiger partial charge in [-0.1, -0.05) is 0 Å². The fourth-order valence-corrected chi connectivity index (χ4v) is 3.49. The number of anilines is 1. The summed E-state index contributed by atoms with van der Waals surface area (Å²) in [6.45, 7) is 6.57. The summed E-state index contributed by atoms with van der Waals surface area (Å²) >= 11 is 0. The van der Waals surface area contributed by atoms with E-state index in [9.17, 15) is 9.18 Å². The van der Waals surface area contributed by atoms with Crippen LogP contribution in [0.25, 0.3) is 11.3 Å². The molecule has 1 saturated heterocycles. The highest BCUT2D eigenvalue weighted by atomic mass is 19.1. The molecule has 0 unspecified atom stereocenters. The first-order chi connectivity index (χ1) is 14.0. The molecule has 8 heteroatoms. The number of nitrogens with zero attached hydrogens (tertiary/aromatic N) is 6. The monoisotopic (exact) mass is 394 g/mol. The molecule has 7 nitrogen and oxygen atoms in total. The number of rotatable bonds is 4. The van der Waals surface area contributed by atoms with Crippen molar-refractivity contribution < 1.29 is 9.18 Å². The molecule has 0 spiro atoms. The highest BCUT2D eigenvalue weighted by molar-refractivity contribution is 5.76. The number of aryl methyl sites for hydroxylation is 2. The van der Waals surface area contributed by atoms with Gasteiger partial charge in [0.25, 0.3) is 0 Å². The molecular weight excluding hydrogens is 371 g/mol. The van der Waals surface area contributed by atoms with E-state index in [1.54, 1.807) is 29.9 Å². The summed E-state index contributed by atoms with van der Waals surface area (Å²) in [6.07, 6.45) is 1.65. The number of carbonyl (C=O) groups excluding carboxylic acids is 1. The maximum absolute atomic E-state index is 13.5. The minimum absolute atomic E-state index is 0.0387. The number of piperazine rings is 1. The van der Waals surface area contributed by atoms with Crippen molar-refractivity contribution in [1.29, 1.82) is 0 Å². The van der Waals surface area contributed by atoms with Gasteiger partial charge >= 0.3 is 0 Å². The van der Waals surface area contributed by atoms with Crippen molar-refractivity contribution in [2.24, 2.45) is 0 Å². The van der Waals surface area contributed by atoms with Crippen LogP contribution in [0.15, 0.2) is 42.6 Å². The maximum atomic E-state index is 13.5. The molecule has 1 fully saturated rings. The first-order valence-corrected chi connectivity index (χ1v) is 9.62. The topological polar surface area (TPSA) is 67.2 Å². The summed E-state index contributed by atoms with van der Waals surface area (Å²) in [4.78, 5) is 16.8. The van der Waals surface area contributed by atoms with Crippen molar-refractivity contribution in [2.75, 3.05) is 31.1 Å². The predicted molar refractivity (Wildman–Crippen MR) is 108 cm³/mol. The van der Waals surface area contributed by atoms with E-state index in [0.29, 0.717) is 18.7 Å². The lowest BCUT2D eigenvalue weighted by Crippen LogP contribution is -2.50. The van der Waals surface area contributed by atoms with Crippen LogP contribution >= 0.6 is 0 Å². The summed E-state index contributed by atoms with van der Waals surface area (Å²) in [7, 11) is 0. The molecule has 1 aromatic carbocycles. The Bertz CT molecular complexity index is 1010. The van der Waals surface area contributed by atoms with Crippen LogP contribution in [0.2, 0.25) is 0 Å². The Balaban J connectivity index is 1.40. The van der Waals surface area contributed by atoms with E-state index in [2.05, 4.69) is 20.2 Å². The lowest BCUT2D eigenvalue weighted by molar-refractivity contribution is -0.132. The minimum Gasteiger partial charge on any atom is -0.352 e. The number of aromatic nitrogens is 4. The number of benzene rings is 1. The Morgan fingerprint density at radius 1 is 1.10 bits per heavy atom. The van der Waals surface area contributed by atoms with E-state index < -0.39 is 0 Å². The fourth-order valence-electron chi connectivity index (χ4n) is 3.49. The molecule has 0 radical (unpaired) electrons. The van der Waals surface area contributed by atoms with Gasteiger partial charge in [-0.2, -0.15) is 10.2 Å². The fraction of sp³-hybridized carbons (Fsp3) is 0.333. The quantitative estimate of drug-likeness (QED) is 0.680. The van der Waals surface area contributed by atoms with Crippen molar-refractivity contribution in [3.63, 3.8) is 0 Å². The first-order valence-electron chi connectivity index (χ1n) is 9.62. The number of amides is 1. The third-order valence-electron chi connectivity index (χ3n) is 5.23. The van der Waals surface area contributed by atoms with Crippen LogP contribution < -0.4 is 4.90 Å². The third kappa shape index (κ3) is 4.11. The van der Waals surface area contributed by atoms with E-state index in [4.69, 9.17) is 0 Å². The van der Waals surface area contributed by atoms with Gasteiger partial charge in [0.05, 0.1) is 5.69 Å². The normalized spacial score (nSPS) is 14.3. The van der Waals surface area contributed by atoms with Crippen LogP contribution in [-0.2, 0) is 11.3 Å². The summed E-state index contributed by atoms with van der Waals surface area (Å²) in [6, 6.07) is 10.6. The smallest absolute Gasteiger partial charge is 0.244 e. The van der Waals surface area contributed by atoms with Crippen LogP contribution in [0, 0.1) is 19.7 Å². The Kier molecular flexibility index (Phi) is 5.24. The maximum Gasteiger partial charge on any atom is 0.244 e. The molecule has 0 bridgehead atoms. The Morgan fingerprint density at radius 2 is 1.90 bits per heavy atom. The average molecular weight is 394 g/mol. The van der Waals surface area contributed by atoms with Crippen LogP contribution in [0.5, 0.6) is 0 Å². The van der Waals surface area contributed by atoms with Gasteiger partial charge in [0.2, 0.25) is 5.91 Å². The van der Waals surface area contributed by atoms with Crippen LogP contribution in [0.4, 0.5) is 10.2 Å². The molecule has 1 amide bonds. The highest BCUT2D eigenvalue weighted by Crippen LogP contribution is 2.22. The largest absolute Gasteiger partial charge is 0.352 e. The van der Waals surface area contributed by atoms with Crippen molar-refractivity contribution in [2.45, 2.75) is 20.4 Å². The second-order valence-electron chi connectivity index (χ2n) is 7.24. The van der Waals surface area contributed by atoms with Gasteiger partial charge in [-0.05, 0) is 55.8 Å². The van der Waals surface area contributed by atoms with Crippen molar-refractivity contribution in [3.8, 4) is 11.3 Å². The zero-order valence-electron chi connectivity index (χ0n) is 16.5. The van der Waals surface area contributed by atoms with Crippen molar-refractivity contribution in [3.05, 3.63) is 59.7 Å². The van der Waals surface area contributed by atoms with E-state index in [1.807, 2.05) is 30.0 Å². The van der Waals surface area contributed by atoms with Gasteiger partial charge in [0, 0.05) is 43.6 Å². The Hall–Kier alpha value is -3.29. The summed E-state index contributed by atoms with van der Waals surface area (Å²) in [5.74, 6) is 0.638. The van der Waals surface area contributed by atoms with Gasteiger partial charge in [-0.25, -0.2) is 4.39 Å². The molecule has 1 aliphatic heterocycles. The van der Waals surface area contributed by atoms with E-state index in [0.717, 1.165) is 35.9 Å². The van der Waals surface area contributed by atoms with Gasteiger partial charge in [-0.15, -0.1) is 5.10 Å². The standard InChI is InChI=1S/C21H23FN6O/c1-15-12-17(5-6-18(15)22)19-13-16(2)28(25-19)14-21(29)27-10-8-26(9-11-27)20-4-3-7-23-24-20/h3-7,12-13H,8-11,14H2,1-2H3. The predicted octanol–water partition coefficient (Wildman–Crippen LogP) is 2.44. The second-order valence-corrected chi connectivity index (χ2v) is 7.24. The number of carbonyl (C=O) groups is 1. The second kappa shape index (κ2) is 7.98. The molecule has 4 rings (SSSR count). The molecule has 0 atom stereocenters. The number of hydrogen-bond donors (Lipinski definition) is 0. The zero-order valence-corrected chi connectivity index (χ0v) is 16.5. The lowest BCUT2D eigenvalue weighted by atomic mass is 10.1. The average Bonchev–Trinajstić information content (AvgIpc) is 3.11. The molecule has 0 N–H and O–H groups in total. The molecule has 150 valence electrons. The molecule has 0 aliphatic carbocycles. The van der Waals surface area contributed by atoms with Gasteiger partial charge in [0.15, 0.2) is 5.82 Å². The SMILES string of the molecule is Cc1cc(-c2cc(C)n(CC(=O)N3CCN(c4cccnn4)CC3)n2)ccc1F. The lowest BCUT2D eigenvalue weighted by Gasteiger charge is -2.35. The van der Waals surface area contributed by atoms with Crippen LogP contribution in [0.1, 0.15) is 11.3 Å². The zero-order chi connectivity index (χ0) is 20.4. The number of halogens is 1. The van der Waals surface area contributed by atoms with Crippen molar-refractivity contribution in [1.82, 2.24) is 24.9 Å². The summed E-state index contributed by atoms with van der Waals surface area (Å²) in [5, 5.41) is 12.6. The van der Waals surface area contributed by atoms with Crippen molar-refractivity contribution >= 4 is 11.7 Å². The van der Waals surface area contributed by atoms with E-state index in [-0.39, 0.29) is 18.3 Å². The Morgan fingerprint density at radius 3 is 2.59 bits per heavy atom. The van der Waals surface area contributed by atoms with Gasteiger partial charge < -0.3 is 9.80 Å².